The molecule has 1 aromatic carbocycles. The Balaban J connectivity index is 1.64. The minimum absolute atomic E-state index is 0.0303. The Labute approximate surface area is 177 Å². The number of carbonyl (C=O) groups excluding carboxylic acids is 3. The number of likely N-dealkylation sites (tertiary alicyclic amines) is 1. The fourth-order valence-electron chi connectivity index (χ4n) is 4.23. The van der Waals surface area contributed by atoms with E-state index < -0.39 is 5.41 Å². The van der Waals surface area contributed by atoms with Crippen LogP contribution in [-0.2, 0) is 25.5 Å². The van der Waals surface area contributed by atoms with Gasteiger partial charge in [0, 0.05) is 31.6 Å². The average Bonchev–Trinajstić information content (AvgIpc) is 2.78. The van der Waals surface area contributed by atoms with Crippen LogP contribution in [0.3, 0.4) is 0 Å². The van der Waals surface area contributed by atoms with E-state index in [0.717, 1.165) is 25.0 Å². The molecule has 30 heavy (non-hydrogen) atoms. The lowest BCUT2D eigenvalue weighted by atomic mass is 9.75. The van der Waals surface area contributed by atoms with E-state index in [0.29, 0.717) is 51.8 Å². The van der Waals surface area contributed by atoms with Crippen LogP contribution in [0.4, 0.5) is 0 Å². The second-order valence-corrected chi connectivity index (χ2v) is 8.12. The molecule has 1 fully saturated rings. The van der Waals surface area contributed by atoms with Crippen molar-refractivity contribution in [3.05, 3.63) is 35.9 Å². The normalized spacial score (nSPS) is 21.6. The maximum Gasteiger partial charge on any atom is 0.313 e. The molecule has 1 N–H and O–H groups in total. The van der Waals surface area contributed by atoms with Gasteiger partial charge in [-0.25, -0.2) is 5.43 Å². The number of hydrazone groups is 1. The van der Waals surface area contributed by atoms with Crippen LogP contribution in [-0.4, -0.2) is 48.1 Å². The molecule has 7 heteroatoms. The molecule has 1 atom stereocenters. The molecule has 2 amide bonds. The van der Waals surface area contributed by atoms with Gasteiger partial charge in [0.15, 0.2) is 0 Å². The fraction of sp³-hybridized carbons (Fsp3) is 0.565. The van der Waals surface area contributed by atoms with E-state index in [4.69, 9.17) is 4.74 Å². The SMILES string of the molecule is CCOC(=O)C1(CCc2ccccc2)CCCN(C(=O)CCC2=NNC(=O)CC2)C1. The van der Waals surface area contributed by atoms with E-state index in [-0.39, 0.29) is 17.8 Å². The molecule has 1 unspecified atom stereocenters. The van der Waals surface area contributed by atoms with Crippen molar-refractivity contribution in [3.63, 3.8) is 0 Å². The molecular formula is C23H31N3O4. The third kappa shape index (κ3) is 5.68. The maximum atomic E-state index is 12.9. The van der Waals surface area contributed by atoms with E-state index >= 15 is 0 Å². The number of aryl methyl sites for hydroxylation is 1. The molecule has 0 bridgehead atoms. The van der Waals surface area contributed by atoms with Gasteiger partial charge >= 0.3 is 5.97 Å². The largest absolute Gasteiger partial charge is 0.466 e. The summed E-state index contributed by atoms with van der Waals surface area (Å²) >= 11 is 0. The van der Waals surface area contributed by atoms with Crippen molar-refractivity contribution in [1.82, 2.24) is 10.3 Å². The molecule has 2 heterocycles. The van der Waals surface area contributed by atoms with Crippen LogP contribution >= 0.6 is 0 Å². The van der Waals surface area contributed by atoms with Crippen LogP contribution in [0.1, 0.15) is 57.4 Å². The van der Waals surface area contributed by atoms with Crippen LogP contribution in [0, 0.1) is 5.41 Å². The van der Waals surface area contributed by atoms with Crippen molar-refractivity contribution in [2.24, 2.45) is 10.5 Å². The topological polar surface area (TPSA) is 88.1 Å². The molecule has 0 saturated carbocycles. The summed E-state index contributed by atoms with van der Waals surface area (Å²) in [6.45, 7) is 3.22. The zero-order chi connectivity index (χ0) is 21.4. The highest BCUT2D eigenvalue weighted by atomic mass is 16.5. The number of hydrogen-bond acceptors (Lipinski definition) is 5. The van der Waals surface area contributed by atoms with Crippen molar-refractivity contribution < 1.29 is 19.1 Å². The maximum absolute atomic E-state index is 12.9. The van der Waals surface area contributed by atoms with Crippen LogP contribution < -0.4 is 5.43 Å². The monoisotopic (exact) mass is 413 g/mol. The molecule has 1 saturated heterocycles. The Morgan fingerprint density at radius 2 is 2.00 bits per heavy atom. The highest BCUT2D eigenvalue weighted by Crippen LogP contribution is 2.36. The standard InChI is InChI=1S/C23H31N3O4/c1-2-30-22(29)23(15-13-18-7-4-3-5-8-18)14-6-16-26(17-23)21(28)12-10-19-9-11-20(27)25-24-19/h3-5,7-8H,2,6,9-17H2,1H3,(H,25,27). The van der Waals surface area contributed by atoms with Gasteiger partial charge in [-0.2, -0.15) is 5.10 Å². The highest BCUT2D eigenvalue weighted by molar-refractivity contribution is 5.94. The summed E-state index contributed by atoms with van der Waals surface area (Å²) < 4.78 is 5.43. The van der Waals surface area contributed by atoms with E-state index in [1.807, 2.05) is 30.0 Å². The summed E-state index contributed by atoms with van der Waals surface area (Å²) in [6, 6.07) is 10.1. The number of ether oxygens (including phenoxy) is 1. The van der Waals surface area contributed by atoms with Crippen molar-refractivity contribution in [2.45, 2.75) is 58.3 Å². The van der Waals surface area contributed by atoms with Crippen molar-refractivity contribution in [1.29, 1.82) is 0 Å². The zero-order valence-electron chi connectivity index (χ0n) is 17.7. The molecule has 162 valence electrons. The van der Waals surface area contributed by atoms with Crippen LogP contribution in [0.15, 0.2) is 35.4 Å². The van der Waals surface area contributed by atoms with Crippen LogP contribution in [0.2, 0.25) is 0 Å². The lowest BCUT2D eigenvalue weighted by Gasteiger charge is -2.41. The third-order valence-corrected chi connectivity index (χ3v) is 5.98. The number of nitrogens with zero attached hydrogens (tertiary/aromatic N) is 2. The Bertz CT molecular complexity index is 793. The Morgan fingerprint density at radius 3 is 2.70 bits per heavy atom. The van der Waals surface area contributed by atoms with E-state index in [9.17, 15) is 14.4 Å². The Morgan fingerprint density at radius 1 is 1.20 bits per heavy atom. The number of carbonyl (C=O) groups is 3. The molecule has 0 spiro atoms. The molecule has 2 aliphatic rings. The first-order valence-electron chi connectivity index (χ1n) is 10.9. The summed E-state index contributed by atoms with van der Waals surface area (Å²) in [5.74, 6) is -0.251. The summed E-state index contributed by atoms with van der Waals surface area (Å²) in [5.41, 5.74) is 3.85. The molecule has 0 aromatic heterocycles. The predicted octanol–water partition coefficient (Wildman–Crippen LogP) is 2.84. The molecule has 2 aliphatic heterocycles. The number of amides is 2. The highest BCUT2D eigenvalue weighted by Gasteiger charge is 2.44. The van der Waals surface area contributed by atoms with Gasteiger partial charge in [-0.05, 0) is 51.0 Å². The number of hydrogen-bond donors (Lipinski definition) is 1. The summed E-state index contributed by atoms with van der Waals surface area (Å²) in [6.07, 6.45) is 4.86. The third-order valence-electron chi connectivity index (χ3n) is 5.98. The van der Waals surface area contributed by atoms with Gasteiger partial charge in [0.1, 0.15) is 0 Å². The van der Waals surface area contributed by atoms with Gasteiger partial charge in [0.05, 0.1) is 12.0 Å². The van der Waals surface area contributed by atoms with Crippen molar-refractivity contribution >= 4 is 23.5 Å². The first kappa shape index (κ1) is 22.0. The van der Waals surface area contributed by atoms with E-state index in [1.165, 1.54) is 5.56 Å². The Hall–Kier alpha value is -2.70. The van der Waals surface area contributed by atoms with Gasteiger partial charge in [-0.15, -0.1) is 0 Å². The zero-order valence-corrected chi connectivity index (χ0v) is 17.7. The van der Waals surface area contributed by atoms with E-state index in [2.05, 4.69) is 22.7 Å². The van der Waals surface area contributed by atoms with Gasteiger partial charge < -0.3 is 9.64 Å². The quantitative estimate of drug-likeness (QED) is 0.664. The average molecular weight is 414 g/mol. The molecule has 7 nitrogen and oxygen atoms in total. The van der Waals surface area contributed by atoms with E-state index in [1.54, 1.807) is 0 Å². The molecule has 3 rings (SSSR count). The lowest BCUT2D eigenvalue weighted by molar-refractivity contribution is -0.161. The van der Waals surface area contributed by atoms with Gasteiger partial charge in [-0.1, -0.05) is 30.3 Å². The second-order valence-electron chi connectivity index (χ2n) is 8.12. The first-order chi connectivity index (χ1) is 14.5. The predicted molar refractivity (Wildman–Crippen MR) is 114 cm³/mol. The number of rotatable bonds is 8. The molecule has 1 aromatic rings. The summed E-state index contributed by atoms with van der Waals surface area (Å²) in [7, 11) is 0. The van der Waals surface area contributed by atoms with Gasteiger partial charge in [0.25, 0.3) is 0 Å². The summed E-state index contributed by atoms with van der Waals surface area (Å²) in [5, 5.41) is 4.04. The van der Waals surface area contributed by atoms with Crippen molar-refractivity contribution in [3.8, 4) is 0 Å². The van der Waals surface area contributed by atoms with Crippen molar-refractivity contribution in [2.75, 3.05) is 19.7 Å². The van der Waals surface area contributed by atoms with Gasteiger partial charge in [-0.3, -0.25) is 14.4 Å². The van der Waals surface area contributed by atoms with Crippen LogP contribution in [0.5, 0.6) is 0 Å². The number of benzene rings is 1. The molecule has 0 radical (unpaired) electrons. The summed E-state index contributed by atoms with van der Waals surface area (Å²) in [4.78, 5) is 38.8. The second kappa shape index (κ2) is 10.4. The number of piperidine rings is 1. The minimum Gasteiger partial charge on any atom is -0.466 e. The van der Waals surface area contributed by atoms with Gasteiger partial charge in [0.2, 0.25) is 11.8 Å². The Kier molecular flexibility index (Phi) is 7.60. The lowest BCUT2D eigenvalue weighted by Crippen LogP contribution is -2.50. The minimum atomic E-state index is -0.657. The smallest absolute Gasteiger partial charge is 0.313 e. The first-order valence-corrected chi connectivity index (χ1v) is 10.9. The molecular weight excluding hydrogens is 382 g/mol. The number of esters is 1. The number of nitrogens with one attached hydrogen (secondary N) is 1. The fourth-order valence-corrected chi connectivity index (χ4v) is 4.23. The van der Waals surface area contributed by atoms with Crippen LogP contribution in [0.25, 0.3) is 0 Å². The molecule has 0 aliphatic carbocycles.